The normalized spacial score (nSPS) is 17.8. The number of sulfonamides is 1. The van der Waals surface area contributed by atoms with Crippen molar-refractivity contribution in [1.82, 2.24) is 14.5 Å². The minimum absolute atomic E-state index is 0.0135. The van der Waals surface area contributed by atoms with Crippen LogP contribution in [-0.2, 0) is 26.2 Å². The van der Waals surface area contributed by atoms with Gasteiger partial charge in [-0.05, 0) is 49.6 Å². The maximum absolute atomic E-state index is 13.5. The molecule has 0 saturated heterocycles. The first-order valence-electron chi connectivity index (χ1n) is 11.3. The van der Waals surface area contributed by atoms with Crippen LogP contribution in [0.2, 0.25) is 10.0 Å². The largest absolute Gasteiger partial charge is 0.352 e. The molecule has 1 aliphatic heterocycles. The highest BCUT2D eigenvalue weighted by Gasteiger charge is 2.43. The topological polar surface area (TPSA) is 104 Å². The van der Waals surface area contributed by atoms with Crippen LogP contribution in [0.25, 0.3) is 0 Å². The molecule has 1 heterocycles. The van der Waals surface area contributed by atoms with Crippen molar-refractivity contribution in [2.24, 2.45) is 0 Å². The van der Waals surface area contributed by atoms with E-state index in [-0.39, 0.29) is 29.0 Å². The molecule has 186 valence electrons. The maximum atomic E-state index is 13.5. The Morgan fingerprint density at radius 2 is 1.83 bits per heavy atom. The molecule has 1 unspecified atom stereocenters. The predicted octanol–water partition coefficient (Wildman–Crippen LogP) is 3.61. The molecular formula is C24H25Cl2N3O5S. The highest BCUT2D eigenvalue weighted by Crippen LogP contribution is 2.30. The summed E-state index contributed by atoms with van der Waals surface area (Å²) < 4.78 is 26.5. The molecule has 1 atom stereocenters. The van der Waals surface area contributed by atoms with Gasteiger partial charge in [-0.3, -0.25) is 14.4 Å². The molecule has 1 aliphatic carbocycles. The number of hydrogen-bond acceptors (Lipinski definition) is 5. The summed E-state index contributed by atoms with van der Waals surface area (Å²) in [5.41, 5.74) is 0.545. The van der Waals surface area contributed by atoms with Gasteiger partial charge in [-0.2, -0.15) is 0 Å². The Morgan fingerprint density at radius 1 is 1.14 bits per heavy atom. The van der Waals surface area contributed by atoms with Crippen LogP contribution < -0.4 is 5.32 Å². The third kappa shape index (κ3) is 5.17. The third-order valence-corrected chi connectivity index (χ3v) is 8.79. The van der Waals surface area contributed by atoms with E-state index < -0.39 is 34.4 Å². The molecule has 0 aromatic heterocycles. The SMILES string of the molecule is CC(C(=O)NC1CCCC1)N(Cc1ccc(Cl)cc1Cl)C(=O)CN1C(=O)c2ccccc2S1(=O)=O. The number of carbonyl (C=O) groups excluding carboxylic acids is 3. The van der Waals surface area contributed by atoms with Crippen LogP contribution in [0, 0.1) is 0 Å². The number of amides is 3. The third-order valence-electron chi connectivity index (χ3n) is 6.42. The smallest absolute Gasteiger partial charge is 0.269 e. The van der Waals surface area contributed by atoms with Crippen LogP contribution in [0.15, 0.2) is 47.4 Å². The van der Waals surface area contributed by atoms with Gasteiger partial charge in [0, 0.05) is 22.6 Å². The summed E-state index contributed by atoms with van der Waals surface area (Å²) in [6.45, 7) is 0.770. The lowest BCUT2D eigenvalue weighted by Gasteiger charge is -2.31. The van der Waals surface area contributed by atoms with Gasteiger partial charge in [0.1, 0.15) is 17.5 Å². The van der Waals surface area contributed by atoms with Gasteiger partial charge in [-0.25, -0.2) is 12.7 Å². The Kier molecular flexibility index (Phi) is 7.40. The van der Waals surface area contributed by atoms with E-state index in [9.17, 15) is 22.8 Å². The number of rotatable bonds is 7. The van der Waals surface area contributed by atoms with Crippen LogP contribution >= 0.6 is 23.2 Å². The molecule has 0 radical (unpaired) electrons. The second-order valence-corrected chi connectivity index (χ2v) is 11.4. The van der Waals surface area contributed by atoms with Crippen molar-refractivity contribution in [3.63, 3.8) is 0 Å². The molecule has 35 heavy (non-hydrogen) atoms. The van der Waals surface area contributed by atoms with Crippen LogP contribution in [0.4, 0.5) is 0 Å². The number of nitrogens with zero attached hydrogens (tertiary/aromatic N) is 2. The molecule has 1 saturated carbocycles. The van der Waals surface area contributed by atoms with Gasteiger partial charge in [-0.15, -0.1) is 0 Å². The maximum Gasteiger partial charge on any atom is 0.269 e. The minimum Gasteiger partial charge on any atom is -0.352 e. The summed E-state index contributed by atoms with van der Waals surface area (Å²) in [5, 5.41) is 3.68. The van der Waals surface area contributed by atoms with Gasteiger partial charge in [0.25, 0.3) is 15.9 Å². The Balaban J connectivity index is 1.60. The van der Waals surface area contributed by atoms with Crippen molar-refractivity contribution in [1.29, 1.82) is 0 Å². The number of benzene rings is 2. The van der Waals surface area contributed by atoms with Crippen LogP contribution in [-0.4, -0.2) is 54.0 Å². The van der Waals surface area contributed by atoms with Gasteiger partial charge in [0.05, 0.1) is 5.56 Å². The quantitative estimate of drug-likeness (QED) is 0.580. The second-order valence-electron chi connectivity index (χ2n) is 8.74. The molecule has 1 fully saturated rings. The summed E-state index contributed by atoms with van der Waals surface area (Å²) in [7, 11) is -4.18. The number of hydrogen-bond donors (Lipinski definition) is 1. The van der Waals surface area contributed by atoms with Gasteiger partial charge in [0.2, 0.25) is 11.8 Å². The first-order chi connectivity index (χ1) is 16.6. The van der Waals surface area contributed by atoms with E-state index in [0.717, 1.165) is 25.7 Å². The summed E-state index contributed by atoms with van der Waals surface area (Å²) in [4.78, 5) is 40.4. The van der Waals surface area contributed by atoms with E-state index >= 15 is 0 Å². The number of halogens is 2. The fraction of sp³-hybridized carbons (Fsp3) is 0.375. The zero-order valence-electron chi connectivity index (χ0n) is 19.0. The van der Waals surface area contributed by atoms with Crippen molar-refractivity contribution in [3.8, 4) is 0 Å². The Morgan fingerprint density at radius 3 is 2.49 bits per heavy atom. The predicted molar refractivity (Wildman–Crippen MR) is 132 cm³/mol. The van der Waals surface area contributed by atoms with Gasteiger partial charge in [0.15, 0.2) is 0 Å². The molecule has 0 bridgehead atoms. The lowest BCUT2D eigenvalue weighted by molar-refractivity contribution is -0.140. The van der Waals surface area contributed by atoms with Crippen LogP contribution in [0.1, 0.15) is 48.5 Å². The zero-order chi connectivity index (χ0) is 25.3. The summed E-state index contributed by atoms with van der Waals surface area (Å²) in [6.07, 6.45) is 3.79. The van der Waals surface area contributed by atoms with E-state index in [2.05, 4.69) is 5.32 Å². The van der Waals surface area contributed by atoms with Crippen molar-refractivity contribution in [2.45, 2.75) is 56.1 Å². The molecule has 2 aliphatic rings. The Bertz CT molecular complexity index is 1280. The van der Waals surface area contributed by atoms with Crippen LogP contribution in [0.5, 0.6) is 0 Å². The zero-order valence-corrected chi connectivity index (χ0v) is 21.4. The second kappa shape index (κ2) is 10.2. The van der Waals surface area contributed by atoms with Crippen molar-refractivity contribution < 1.29 is 22.8 Å². The fourth-order valence-electron chi connectivity index (χ4n) is 4.41. The highest BCUT2D eigenvalue weighted by molar-refractivity contribution is 7.90. The lowest BCUT2D eigenvalue weighted by atomic mass is 10.1. The molecule has 0 spiro atoms. The monoisotopic (exact) mass is 537 g/mol. The average molecular weight is 538 g/mol. The summed E-state index contributed by atoms with van der Waals surface area (Å²) in [6, 6.07) is 9.68. The van der Waals surface area contributed by atoms with E-state index in [1.807, 2.05) is 0 Å². The molecule has 3 amide bonds. The first kappa shape index (κ1) is 25.5. The van der Waals surface area contributed by atoms with E-state index in [4.69, 9.17) is 23.2 Å². The minimum atomic E-state index is -4.18. The Hall–Kier alpha value is -2.62. The molecule has 8 nitrogen and oxygen atoms in total. The molecular weight excluding hydrogens is 513 g/mol. The number of carbonyl (C=O) groups is 3. The summed E-state index contributed by atoms with van der Waals surface area (Å²) in [5.74, 6) is -1.83. The molecule has 4 rings (SSSR count). The Labute approximate surface area is 214 Å². The molecule has 1 N–H and O–H groups in total. The fourth-order valence-corrected chi connectivity index (χ4v) is 6.40. The molecule has 2 aromatic carbocycles. The van der Waals surface area contributed by atoms with Crippen LogP contribution in [0.3, 0.4) is 0 Å². The van der Waals surface area contributed by atoms with E-state index in [1.54, 1.807) is 25.1 Å². The average Bonchev–Trinajstić information content (AvgIpc) is 3.39. The van der Waals surface area contributed by atoms with Crippen molar-refractivity contribution in [3.05, 3.63) is 63.6 Å². The summed E-state index contributed by atoms with van der Waals surface area (Å²) >= 11 is 12.3. The van der Waals surface area contributed by atoms with Gasteiger partial charge >= 0.3 is 0 Å². The lowest BCUT2D eigenvalue weighted by Crippen LogP contribution is -2.52. The first-order valence-corrected chi connectivity index (χ1v) is 13.5. The van der Waals surface area contributed by atoms with E-state index in [1.165, 1.54) is 29.2 Å². The number of fused-ring (bicyclic) bond motifs is 1. The molecule has 2 aromatic rings. The standard InChI is InChI=1S/C24H25Cl2N3O5S/c1-15(23(31)27-18-6-2-3-7-18)28(13-16-10-11-17(25)12-20(16)26)22(30)14-29-24(32)19-8-4-5-9-21(19)35(29,33)34/h4-5,8-12,15,18H,2-3,6-7,13-14H2,1H3,(H,27,31). The molecule has 11 heteroatoms. The van der Waals surface area contributed by atoms with Crippen molar-refractivity contribution in [2.75, 3.05) is 6.54 Å². The highest BCUT2D eigenvalue weighted by atomic mass is 35.5. The number of nitrogens with one attached hydrogen (secondary N) is 1. The van der Waals surface area contributed by atoms with Crippen molar-refractivity contribution >= 4 is 50.9 Å². The van der Waals surface area contributed by atoms with E-state index in [0.29, 0.717) is 19.9 Å². The van der Waals surface area contributed by atoms with Gasteiger partial charge in [-0.1, -0.05) is 54.2 Å². The van der Waals surface area contributed by atoms with Gasteiger partial charge < -0.3 is 10.2 Å².